The molecule has 18 heavy (non-hydrogen) atoms. The number of hydrogen-bond donors (Lipinski definition) is 1. The Kier molecular flexibility index (Phi) is 4.31. The molecule has 4 heteroatoms. The molecule has 0 unspecified atom stereocenters. The first-order valence-electron chi connectivity index (χ1n) is 5.96. The molecule has 0 atom stereocenters. The van der Waals surface area contributed by atoms with E-state index in [0.717, 1.165) is 29.0 Å². The third kappa shape index (κ3) is 2.88. The minimum Gasteiger partial charge on any atom is -0.497 e. The van der Waals surface area contributed by atoms with Crippen LogP contribution in [-0.2, 0) is 13.1 Å². The highest BCUT2D eigenvalue weighted by molar-refractivity contribution is 9.10. The minimum atomic E-state index is 0.798. The Bertz CT molecular complexity index is 522. The van der Waals surface area contributed by atoms with Gasteiger partial charge in [0.25, 0.3) is 0 Å². The lowest BCUT2D eigenvalue weighted by molar-refractivity contribution is 0.415. The molecule has 0 spiro atoms. The van der Waals surface area contributed by atoms with Crippen LogP contribution in [0, 0.1) is 0 Å². The van der Waals surface area contributed by atoms with E-state index >= 15 is 0 Å². The third-order valence-corrected chi connectivity index (χ3v) is 3.59. The van der Waals surface area contributed by atoms with Crippen LogP contribution in [-0.4, -0.2) is 11.7 Å². The molecule has 1 aromatic carbocycles. The topological polar surface area (TPSA) is 26.2 Å². The van der Waals surface area contributed by atoms with E-state index in [-0.39, 0.29) is 0 Å². The fraction of sp³-hybridized carbons (Fsp3) is 0.286. The van der Waals surface area contributed by atoms with Gasteiger partial charge in [0.05, 0.1) is 19.3 Å². The summed E-state index contributed by atoms with van der Waals surface area (Å²) < 4.78 is 8.49. The second-order valence-corrected chi connectivity index (χ2v) is 4.84. The van der Waals surface area contributed by atoms with Crippen LogP contribution in [0.4, 0.5) is 5.69 Å². The molecule has 0 amide bonds. The Balaban J connectivity index is 2.10. The summed E-state index contributed by atoms with van der Waals surface area (Å²) in [6.07, 6.45) is 2.09. The average Bonchev–Trinajstić information content (AvgIpc) is 2.85. The summed E-state index contributed by atoms with van der Waals surface area (Å²) >= 11 is 3.53. The van der Waals surface area contributed by atoms with Crippen molar-refractivity contribution in [3.8, 4) is 5.75 Å². The Morgan fingerprint density at radius 2 is 2.17 bits per heavy atom. The standard InChI is InChI=1S/C14H17BrN2O/c1-3-17-8-4-5-11(17)10-16-14-9-12(18-2)6-7-13(14)15/h4-9,16H,3,10H2,1-2H3. The average molecular weight is 309 g/mol. The number of benzene rings is 1. The Morgan fingerprint density at radius 3 is 2.89 bits per heavy atom. The van der Waals surface area contributed by atoms with E-state index in [1.165, 1.54) is 5.69 Å². The first kappa shape index (κ1) is 13.0. The lowest BCUT2D eigenvalue weighted by Crippen LogP contribution is -2.06. The second kappa shape index (κ2) is 5.96. The molecule has 0 aliphatic carbocycles. The van der Waals surface area contributed by atoms with Gasteiger partial charge in [-0.1, -0.05) is 0 Å². The number of aromatic nitrogens is 1. The van der Waals surface area contributed by atoms with Crippen molar-refractivity contribution in [1.82, 2.24) is 4.57 Å². The zero-order valence-corrected chi connectivity index (χ0v) is 12.2. The van der Waals surface area contributed by atoms with Crippen LogP contribution in [0.2, 0.25) is 0 Å². The molecule has 0 saturated heterocycles. The number of aryl methyl sites for hydroxylation is 1. The number of anilines is 1. The van der Waals surface area contributed by atoms with Gasteiger partial charge in [-0.3, -0.25) is 0 Å². The van der Waals surface area contributed by atoms with Crippen LogP contribution >= 0.6 is 15.9 Å². The highest BCUT2D eigenvalue weighted by atomic mass is 79.9. The summed E-state index contributed by atoms with van der Waals surface area (Å²) in [5.41, 5.74) is 2.31. The number of rotatable bonds is 5. The van der Waals surface area contributed by atoms with Crippen molar-refractivity contribution in [1.29, 1.82) is 0 Å². The molecular formula is C14H17BrN2O. The fourth-order valence-electron chi connectivity index (χ4n) is 1.87. The first-order valence-corrected chi connectivity index (χ1v) is 6.75. The molecule has 1 heterocycles. The molecule has 96 valence electrons. The van der Waals surface area contributed by atoms with Gasteiger partial charge in [-0.05, 0) is 47.1 Å². The Morgan fingerprint density at radius 1 is 1.33 bits per heavy atom. The monoisotopic (exact) mass is 308 g/mol. The quantitative estimate of drug-likeness (QED) is 0.907. The first-order chi connectivity index (χ1) is 8.74. The van der Waals surface area contributed by atoms with Gasteiger partial charge < -0.3 is 14.6 Å². The van der Waals surface area contributed by atoms with Gasteiger partial charge in [0.2, 0.25) is 0 Å². The number of nitrogens with one attached hydrogen (secondary N) is 1. The molecule has 2 rings (SSSR count). The van der Waals surface area contributed by atoms with E-state index in [2.05, 4.69) is 51.1 Å². The molecule has 0 saturated carbocycles. The number of hydrogen-bond acceptors (Lipinski definition) is 2. The van der Waals surface area contributed by atoms with Gasteiger partial charge in [-0.2, -0.15) is 0 Å². The van der Waals surface area contributed by atoms with Gasteiger partial charge in [0.15, 0.2) is 0 Å². The van der Waals surface area contributed by atoms with Crippen molar-refractivity contribution in [2.75, 3.05) is 12.4 Å². The van der Waals surface area contributed by atoms with Gasteiger partial charge in [0.1, 0.15) is 5.75 Å². The zero-order chi connectivity index (χ0) is 13.0. The van der Waals surface area contributed by atoms with Gasteiger partial charge >= 0.3 is 0 Å². The van der Waals surface area contributed by atoms with Crippen molar-refractivity contribution in [3.63, 3.8) is 0 Å². The SMILES string of the molecule is CCn1cccc1CNc1cc(OC)ccc1Br. The third-order valence-electron chi connectivity index (χ3n) is 2.90. The van der Waals surface area contributed by atoms with Crippen molar-refractivity contribution in [2.24, 2.45) is 0 Å². The predicted molar refractivity (Wildman–Crippen MR) is 78.1 cm³/mol. The molecule has 0 fully saturated rings. The molecule has 1 N–H and O–H groups in total. The van der Waals surface area contributed by atoms with Gasteiger partial charge in [0, 0.05) is 29.0 Å². The summed E-state index contributed by atoms with van der Waals surface area (Å²) in [6.45, 7) is 3.93. The maximum Gasteiger partial charge on any atom is 0.121 e. The van der Waals surface area contributed by atoms with E-state index < -0.39 is 0 Å². The van der Waals surface area contributed by atoms with Crippen molar-refractivity contribution < 1.29 is 4.74 Å². The van der Waals surface area contributed by atoms with Crippen LogP contribution in [0.3, 0.4) is 0 Å². The fourth-order valence-corrected chi connectivity index (χ4v) is 2.26. The normalized spacial score (nSPS) is 10.4. The van der Waals surface area contributed by atoms with Crippen LogP contribution in [0.5, 0.6) is 5.75 Å². The highest BCUT2D eigenvalue weighted by Crippen LogP contribution is 2.27. The largest absolute Gasteiger partial charge is 0.497 e. The maximum atomic E-state index is 5.23. The molecule has 0 bridgehead atoms. The summed E-state index contributed by atoms with van der Waals surface area (Å²) in [6, 6.07) is 10.1. The van der Waals surface area contributed by atoms with Crippen molar-refractivity contribution in [2.45, 2.75) is 20.0 Å². The van der Waals surface area contributed by atoms with Crippen LogP contribution in [0.1, 0.15) is 12.6 Å². The van der Waals surface area contributed by atoms with Crippen LogP contribution in [0.15, 0.2) is 41.0 Å². The minimum absolute atomic E-state index is 0.798. The van der Waals surface area contributed by atoms with Crippen molar-refractivity contribution in [3.05, 3.63) is 46.7 Å². The summed E-state index contributed by atoms with van der Waals surface area (Å²) in [7, 11) is 1.68. The number of methoxy groups -OCH3 is 1. The molecule has 1 aromatic heterocycles. The van der Waals surface area contributed by atoms with Crippen molar-refractivity contribution >= 4 is 21.6 Å². The molecule has 0 radical (unpaired) electrons. The summed E-state index contributed by atoms with van der Waals surface area (Å²) in [5.74, 6) is 0.853. The zero-order valence-electron chi connectivity index (χ0n) is 10.6. The van der Waals surface area contributed by atoms with Gasteiger partial charge in [-0.25, -0.2) is 0 Å². The van der Waals surface area contributed by atoms with E-state index in [9.17, 15) is 0 Å². The summed E-state index contributed by atoms with van der Waals surface area (Å²) in [5, 5.41) is 3.42. The second-order valence-electron chi connectivity index (χ2n) is 3.98. The Labute approximate surface area is 116 Å². The van der Waals surface area contributed by atoms with E-state index in [1.807, 2.05) is 18.2 Å². The molecule has 2 aromatic rings. The van der Waals surface area contributed by atoms with Crippen LogP contribution < -0.4 is 10.1 Å². The van der Waals surface area contributed by atoms with E-state index in [0.29, 0.717) is 0 Å². The predicted octanol–water partition coefficient (Wildman–Crippen LogP) is 3.89. The molecule has 0 aliphatic heterocycles. The lowest BCUT2D eigenvalue weighted by Gasteiger charge is -2.12. The molecular weight excluding hydrogens is 292 g/mol. The lowest BCUT2D eigenvalue weighted by atomic mass is 10.3. The van der Waals surface area contributed by atoms with E-state index in [1.54, 1.807) is 7.11 Å². The van der Waals surface area contributed by atoms with Gasteiger partial charge in [-0.15, -0.1) is 0 Å². The van der Waals surface area contributed by atoms with E-state index in [4.69, 9.17) is 4.74 Å². The number of halogens is 1. The van der Waals surface area contributed by atoms with Crippen LogP contribution in [0.25, 0.3) is 0 Å². The Hall–Kier alpha value is -1.42. The summed E-state index contributed by atoms with van der Waals surface area (Å²) in [4.78, 5) is 0. The maximum absolute atomic E-state index is 5.23. The number of ether oxygens (including phenoxy) is 1. The molecule has 0 aliphatic rings. The highest BCUT2D eigenvalue weighted by Gasteiger charge is 2.03. The smallest absolute Gasteiger partial charge is 0.121 e. The number of nitrogens with zero attached hydrogens (tertiary/aromatic N) is 1. The molecule has 3 nitrogen and oxygen atoms in total.